The molecule has 0 amide bonds. The van der Waals surface area contributed by atoms with Crippen molar-refractivity contribution in [3.63, 3.8) is 0 Å². The zero-order valence-electron chi connectivity index (χ0n) is 19.4. The number of guanidine groups is 1. The molecule has 1 aromatic rings. The molecule has 0 saturated carbocycles. The summed E-state index contributed by atoms with van der Waals surface area (Å²) in [6.07, 6.45) is 3.24. The van der Waals surface area contributed by atoms with E-state index in [1.807, 2.05) is 7.05 Å². The normalized spacial score (nSPS) is 20.7. The van der Waals surface area contributed by atoms with Crippen LogP contribution in [0, 0.1) is 5.92 Å². The Morgan fingerprint density at radius 3 is 2.29 bits per heavy atom. The summed E-state index contributed by atoms with van der Waals surface area (Å²) >= 11 is 0. The Balaban J connectivity index is 0.00000341. The number of nitrogens with zero attached hydrogens (tertiary/aromatic N) is 2. The number of halogens is 1. The van der Waals surface area contributed by atoms with Gasteiger partial charge in [-0.2, -0.15) is 0 Å². The molecule has 2 heterocycles. The van der Waals surface area contributed by atoms with Crippen molar-refractivity contribution in [1.82, 2.24) is 15.5 Å². The van der Waals surface area contributed by atoms with Gasteiger partial charge in [0.25, 0.3) is 0 Å². The Labute approximate surface area is 205 Å². The highest BCUT2D eigenvalue weighted by molar-refractivity contribution is 14.0. The molecule has 6 nitrogen and oxygen atoms in total. The lowest BCUT2D eigenvalue weighted by molar-refractivity contribution is 0.0132. The molecule has 7 heteroatoms. The molecular formula is C24H41IN4O2. The summed E-state index contributed by atoms with van der Waals surface area (Å²) in [4.78, 5) is 7.08. The smallest absolute Gasteiger partial charge is 0.191 e. The second-order valence-electron chi connectivity index (χ2n) is 9.00. The van der Waals surface area contributed by atoms with Crippen molar-refractivity contribution < 1.29 is 9.47 Å². The quantitative estimate of drug-likeness (QED) is 0.299. The minimum Gasteiger partial charge on any atom is -0.381 e. The zero-order chi connectivity index (χ0) is 21.2. The molecule has 2 aliphatic rings. The lowest BCUT2D eigenvalue weighted by Gasteiger charge is -2.39. The highest BCUT2D eigenvalue weighted by atomic mass is 127. The molecule has 2 saturated heterocycles. The van der Waals surface area contributed by atoms with Crippen LogP contribution in [0.1, 0.15) is 38.7 Å². The van der Waals surface area contributed by atoms with Gasteiger partial charge < -0.3 is 20.1 Å². The van der Waals surface area contributed by atoms with E-state index in [1.165, 1.54) is 12.0 Å². The molecule has 2 fully saturated rings. The summed E-state index contributed by atoms with van der Waals surface area (Å²) in [5, 5.41) is 7.24. The van der Waals surface area contributed by atoms with Crippen molar-refractivity contribution in [2.75, 3.05) is 59.7 Å². The largest absolute Gasteiger partial charge is 0.381 e. The number of ether oxygens (including phenoxy) is 2. The van der Waals surface area contributed by atoms with Crippen LogP contribution in [-0.4, -0.2) is 76.6 Å². The van der Waals surface area contributed by atoms with Crippen LogP contribution < -0.4 is 10.6 Å². The van der Waals surface area contributed by atoms with Crippen LogP contribution >= 0.6 is 24.0 Å². The third-order valence-corrected chi connectivity index (χ3v) is 6.46. The minimum atomic E-state index is 0. The Kier molecular flexibility index (Phi) is 11.6. The zero-order valence-corrected chi connectivity index (χ0v) is 21.8. The summed E-state index contributed by atoms with van der Waals surface area (Å²) < 4.78 is 11.2. The molecule has 3 rings (SSSR count). The number of aliphatic imine (C=N–C) groups is 1. The first-order valence-corrected chi connectivity index (χ1v) is 11.5. The van der Waals surface area contributed by atoms with Crippen molar-refractivity contribution in [3.05, 3.63) is 35.9 Å². The van der Waals surface area contributed by atoms with Crippen LogP contribution in [0.3, 0.4) is 0 Å². The number of nitrogens with one attached hydrogen (secondary N) is 2. The number of morpholine rings is 1. The summed E-state index contributed by atoms with van der Waals surface area (Å²) in [6.45, 7) is 11.7. The molecule has 0 aliphatic carbocycles. The van der Waals surface area contributed by atoms with Crippen molar-refractivity contribution in [2.45, 2.75) is 44.6 Å². The SMILES string of the molecule is CN=C(NCC(CC(C)C)N1CCOCC1)NCC1(c2ccccc2)CCOCC1.I. The first-order chi connectivity index (χ1) is 14.6. The lowest BCUT2D eigenvalue weighted by Crippen LogP contribution is -2.52. The fourth-order valence-corrected chi connectivity index (χ4v) is 4.66. The molecule has 1 aromatic carbocycles. The van der Waals surface area contributed by atoms with Gasteiger partial charge in [-0.3, -0.25) is 9.89 Å². The highest BCUT2D eigenvalue weighted by Crippen LogP contribution is 2.34. The standard InChI is InChI=1S/C24H40N4O2.HI/c1-20(2)17-22(28-11-15-30-16-12-28)18-26-23(25-3)27-19-24(9-13-29-14-10-24)21-7-5-4-6-8-21;/h4-8,20,22H,9-19H2,1-3H3,(H2,25,26,27);1H. The van der Waals surface area contributed by atoms with Gasteiger partial charge in [-0.05, 0) is 30.7 Å². The van der Waals surface area contributed by atoms with E-state index in [0.717, 1.165) is 71.4 Å². The Morgan fingerprint density at radius 2 is 1.68 bits per heavy atom. The summed E-state index contributed by atoms with van der Waals surface area (Å²) in [5.41, 5.74) is 1.49. The van der Waals surface area contributed by atoms with Crippen LogP contribution in [0.15, 0.2) is 35.3 Å². The molecule has 0 bridgehead atoms. The first kappa shape index (κ1) is 26.4. The van der Waals surface area contributed by atoms with E-state index in [9.17, 15) is 0 Å². The van der Waals surface area contributed by atoms with Gasteiger partial charge in [0.1, 0.15) is 0 Å². The van der Waals surface area contributed by atoms with Gasteiger partial charge >= 0.3 is 0 Å². The van der Waals surface area contributed by atoms with Gasteiger partial charge in [-0.15, -0.1) is 24.0 Å². The van der Waals surface area contributed by atoms with Gasteiger partial charge in [0, 0.05) is 57.9 Å². The first-order valence-electron chi connectivity index (χ1n) is 11.5. The Bertz CT molecular complexity index is 644. The van der Waals surface area contributed by atoms with E-state index < -0.39 is 0 Å². The highest BCUT2D eigenvalue weighted by Gasteiger charge is 2.34. The van der Waals surface area contributed by atoms with Crippen LogP contribution in [0.5, 0.6) is 0 Å². The molecule has 1 unspecified atom stereocenters. The van der Waals surface area contributed by atoms with Crippen molar-refractivity contribution in [2.24, 2.45) is 10.9 Å². The Hall–Kier alpha value is -0.900. The second-order valence-corrected chi connectivity index (χ2v) is 9.00. The maximum absolute atomic E-state index is 5.67. The minimum absolute atomic E-state index is 0. The molecule has 2 aliphatic heterocycles. The average Bonchev–Trinajstić information content (AvgIpc) is 2.80. The van der Waals surface area contributed by atoms with E-state index >= 15 is 0 Å². The van der Waals surface area contributed by atoms with E-state index in [-0.39, 0.29) is 29.4 Å². The van der Waals surface area contributed by atoms with Gasteiger partial charge in [0.15, 0.2) is 5.96 Å². The third-order valence-electron chi connectivity index (χ3n) is 6.46. The summed E-state index contributed by atoms with van der Waals surface area (Å²) in [5.74, 6) is 1.55. The predicted molar refractivity (Wildman–Crippen MR) is 139 cm³/mol. The summed E-state index contributed by atoms with van der Waals surface area (Å²) in [7, 11) is 1.86. The maximum Gasteiger partial charge on any atom is 0.191 e. The second kappa shape index (κ2) is 13.6. The molecule has 1 atom stereocenters. The molecule has 0 radical (unpaired) electrons. The molecule has 0 aromatic heterocycles. The van der Waals surface area contributed by atoms with Gasteiger partial charge in [0.2, 0.25) is 0 Å². The molecule has 176 valence electrons. The Morgan fingerprint density at radius 1 is 1.03 bits per heavy atom. The fourth-order valence-electron chi connectivity index (χ4n) is 4.66. The lowest BCUT2D eigenvalue weighted by atomic mass is 9.74. The number of hydrogen-bond acceptors (Lipinski definition) is 4. The molecule has 2 N–H and O–H groups in total. The van der Waals surface area contributed by atoms with Gasteiger partial charge in [-0.1, -0.05) is 44.2 Å². The molecule has 31 heavy (non-hydrogen) atoms. The molecular weight excluding hydrogens is 503 g/mol. The van der Waals surface area contributed by atoms with Gasteiger partial charge in [0.05, 0.1) is 13.2 Å². The van der Waals surface area contributed by atoms with Gasteiger partial charge in [-0.25, -0.2) is 0 Å². The molecule has 0 spiro atoms. The van der Waals surface area contributed by atoms with Crippen LogP contribution in [0.4, 0.5) is 0 Å². The number of hydrogen-bond donors (Lipinski definition) is 2. The predicted octanol–water partition coefficient (Wildman–Crippen LogP) is 3.26. The topological polar surface area (TPSA) is 58.1 Å². The van der Waals surface area contributed by atoms with Crippen molar-refractivity contribution in [1.29, 1.82) is 0 Å². The van der Waals surface area contributed by atoms with Crippen molar-refractivity contribution in [3.8, 4) is 0 Å². The number of benzene rings is 1. The number of rotatable bonds is 8. The van der Waals surface area contributed by atoms with E-state index in [2.05, 4.69) is 64.7 Å². The van der Waals surface area contributed by atoms with Crippen LogP contribution in [0.25, 0.3) is 0 Å². The summed E-state index contributed by atoms with van der Waals surface area (Å²) in [6, 6.07) is 11.4. The monoisotopic (exact) mass is 544 g/mol. The van der Waals surface area contributed by atoms with Crippen LogP contribution in [-0.2, 0) is 14.9 Å². The third kappa shape index (κ3) is 7.87. The van der Waals surface area contributed by atoms with E-state index in [1.54, 1.807) is 0 Å². The van der Waals surface area contributed by atoms with E-state index in [4.69, 9.17) is 9.47 Å². The van der Waals surface area contributed by atoms with E-state index in [0.29, 0.717) is 12.0 Å². The average molecular weight is 545 g/mol. The maximum atomic E-state index is 5.67. The fraction of sp³-hybridized carbons (Fsp3) is 0.708. The van der Waals surface area contributed by atoms with Crippen molar-refractivity contribution >= 4 is 29.9 Å². The van der Waals surface area contributed by atoms with Crippen LogP contribution in [0.2, 0.25) is 0 Å².